The summed E-state index contributed by atoms with van der Waals surface area (Å²) in [5, 5.41) is 0. The molecule has 1 saturated carbocycles. The van der Waals surface area contributed by atoms with Crippen LogP contribution in [0.25, 0.3) is 0 Å². The van der Waals surface area contributed by atoms with Crippen molar-refractivity contribution in [2.24, 2.45) is 0 Å². The minimum Gasteiger partial charge on any atom is -0.399 e. The number of anilines is 1. The number of rotatable bonds is 4. The highest BCUT2D eigenvalue weighted by Gasteiger charge is 2.32. The molecule has 0 bridgehead atoms. The van der Waals surface area contributed by atoms with Crippen LogP contribution < -0.4 is 5.73 Å². The van der Waals surface area contributed by atoms with E-state index >= 15 is 0 Å². The number of nitrogens with zero attached hydrogens (tertiary/aromatic N) is 1. The van der Waals surface area contributed by atoms with Crippen molar-refractivity contribution in [1.82, 2.24) is 4.90 Å². The van der Waals surface area contributed by atoms with Gasteiger partial charge in [-0.2, -0.15) is 13.2 Å². The summed E-state index contributed by atoms with van der Waals surface area (Å²) in [6.07, 6.45) is -0.705. The highest BCUT2D eigenvalue weighted by molar-refractivity contribution is 5.95. The van der Waals surface area contributed by atoms with Crippen LogP contribution >= 0.6 is 12.4 Å². The van der Waals surface area contributed by atoms with Crippen molar-refractivity contribution in [3.63, 3.8) is 0 Å². The van der Waals surface area contributed by atoms with Crippen molar-refractivity contribution in [2.45, 2.75) is 50.7 Å². The Morgan fingerprint density at radius 2 is 1.87 bits per heavy atom. The molecule has 0 radical (unpaired) electrons. The second kappa shape index (κ2) is 8.43. The van der Waals surface area contributed by atoms with Gasteiger partial charge < -0.3 is 10.6 Å². The molecule has 1 aliphatic rings. The average Bonchev–Trinajstić information content (AvgIpc) is 2.47. The van der Waals surface area contributed by atoms with Crippen molar-refractivity contribution in [2.75, 3.05) is 12.3 Å². The molecule has 0 aromatic heterocycles. The summed E-state index contributed by atoms with van der Waals surface area (Å²) < 4.78 is 37.7. The standard InChI is InChI=1S/C16H21F3N2O.ClH/c17-16(18,19)9-10-21(14-7-2-1-3-8-14)15(22)12-5-4-6-13(20)11-12;/h4-6,11,14H,1-3,7-10,20H2;1H. The first-order chi connectivity index (χ1) is 10.4. The lowest BCUT2D eigenvalue weighted by molar-refractivity contribution is -0.137. The Morgan fingerprint density at radius 1 is 1.22 bits per heavy atom. The Kier molecular flexibility index (Phi) is 7.19. The topological polar surface area (TPSA) is 46.3 Å². The molecule has 0 aliphatic heterocycles. The summed E-state index contributed by atoms with van der Waals surface area (Å²) in [5.41, 5.74) is 6.46. The lowest BCUT2D eigenvalue weighted by Gasteiger charge is -2.34. The van der Waals surface area contributed by atoms with Gasteiger partial charge in [0, 0.05) is 23.8 Å². The van der Waals surface area contributed by atoms with E-state index in [2.05, 4.69) is 0 Å². The number of nitrogen functional groups attached to an aromatic ring is 1. The van der Waals surface area contributed by atoms with Gasteiger partial charge in [-0.25, -0.2) is 0 Å². The number of hydrogen-bond donors (Lipinski definition) is 1. The van der Waals surface area contributed by atoms with Gasteiger partial charge in [-0.05, 0) is 31.0 Å². The zero-order valence-electron chi connectivity index (χ0n) is 12.8. The second-order valence-corrected chi connectivity index (χ2v) is 5.78. The van der Waals surface area contributed by atoms with Gasteiger partial charge in [0.25, 0.3) is 5.91 Å². The Balaban J connectivity index is 0.00000264. The predicted molar refractivity (Wildman–Crippen MR) is 86.7 cm³/mol. The monoisotopic (exact) mass is 350 g/mol. The van der Waals surface area contributed by atoms with Crippen molar-refractivity contribution >= 4 is 24.0 Å². The maximum absolute atomic E-state index is 12.6. The smallest absolute Gasteiger partial charge is 0.390 e. The molecule has 0 saturated heterocycles. The minimum absolute atomic E-state index is 0. The first-order valence-corrected chi connectivity index (χ1v) is 7.60. The second-order valence-electron chi connectivity index (χ2n) is 5.78. The van der Waals surface area contributed by atoms with E-state index in [1.54, 1.807) is 18.2 Å². The molecule has 1 aromatic carbocycles. The number of halogens is 4. The van der Waals surface area contributed by atoms with Crippen molar-refractivity contribution in [3.8, 4) is 0 Å². The van der Waals surface area contributed by atoms with Crippen LogP contribution in [0.15, 0.2) is 24.3 Å². The molecule has 2 rings (SSSR count). The summed E-state index contributed by atoms with van der Waals surface area (Å²) in [7, 11) is 0. The predicted octanol–water partition coefficient (Wildman–Crippen LogP) is 4.42. The van der Waals surface area contributed by atoms with E-state index in [1.165, 1.54) is 11.0 Å². The fraction of sp³-hybridized carbons (Fsp3) is 0.562. The van der Waals surface area contributed by atoms with E-state index < -0.39 is 12.6 Å². The third-order valence-corrected chi connectivity index (χ3v) is 4.05. The van der Waals surface area contributed by atoms with Crippen molar-refractivity contribution < 1.29 is 18.0 Å². The normalized spacial score (nSPS) is 15.8. The van der Waals surface area contributed by atoms with E-state index in [0.717, 1.165) is 32.1 Å². The van der Waals surface area contributed by atoms with Crippen molar-refractivity contribution in [1.29, 1.82) is 0 Å². The van der Waals surface area contributed by atoms with Gasteiger partial charge in [-0.3, -0.25) is 4.79 Å². The Morgan fingerprint density at radius 3 is 2.43 bits per heavy atom. The molecule has 2 N–H and O–H groups in total. The molecule has 1 amide bonds. The van der Waals surface area contributed by atoms with Gasteiger partial charge >= 0.3 is 6.18 Å². The van der Waals surface area contributed by atoms with Crippen LogP contribution in [0.1, 0.15) is 48.9 Å². The van der Waals surface area contributed by atoms with Gasteiger partial charge in [-0.1, -0.05) is 25.3 Å². The number of carbonyl (C=O) groups is 1. The van der Waals surface area contributed by atoms with E-state index in [-0.39, 0.29) is 30.9 Å². The minimum atomic E-state index is -4.26. The average molecular weight is 351 g/mol. The molecule has 0 spiro atoms. The number of alkyl halides is 3. The first-order valence-electron chi connectivity index (χ1n) is 7.60. The van der Waals surface area contributed by atoms with Gasteiger partial charge in [0.15, 0.2) is 0 Å². The maximum atomic E-state index is 12.6. The molecule has 1 aromatic rings. The lowest BCUT2D eigenvalue weighted by Crippen LogP contribution is -2.43. The number of nitrogens with two attached hydrogens (primary N) is 1. The van der Waals surface area contributed by atoms with Crippen LogP contribution in [-0.2, 0) is 0 Å². The molecular weight excluding hydrogens is 329 g/mol. The number of carbonyl (C=O) groups excluding carboxylic acids is 1. The summed E-state index contributed by atoms with van der Waals surface area (Å²) in [6.45, 7) is -0.290. The fourth-order valence-electron chi connectivity index (χ4n) is 2.93. The van der Waals surface area contributed by atoms with Gasteiger partial charge in [0.05, 0.1) is 6.42 Å². The summed E-state index contributed by atoms with van der Waals surface area (Å²) >= 11 is 0. The SMILES string of the molecule is Cl.Nc1cccc(C(=O)N(CCC(F)(F)F)C2CCCCC2)c1. The first kappa shape index (κ1) is 19.6. The van der Waals surface area contributed by atoms with E-state index in [0.29, 0.717) is 11.3 Å². The fourth-order valence-corrected chi connectivity index (χ4v) is 2.93. The molecule has 0 unspecified atom stereocenters. The third kappa shape index (κ3) is 5.94. The van der Waals surface area contributed by atoms with Gasteiger partial charge in [0.2, 0.25) is 0 Å². The van der Waals surface area contributed by atoms with Crippen molar-refractivity contribution in [3.05, 3.63) is 29.8 Å². The number of amides is 1. The maximum Gasteiger partial charge on any atom is 0.390 e. The van der Waals surface area contributed by atoms with E-state index in [1.807, 2.05) is 0 Å². The molecule has 7 heteroatoms. The van der Waals surface area contributed by atoms with Crippen LogP contribution in [0.2, 0.25) is 0 Å². The molecule has 0 atom stereocenters. The molecule has 1 fully saturated rings. The number of hydrogen-bond acceptors (Lipinski definition) is 2. The Labute approximate surface area is 140 Å². The van der Waals surface area contributed by atoms with Crippen LogP contribution in [0.5, 0.6) is 0 Å². The molecule has 0 heterocycles. The molecule has 1 aliphatic carbocycles. The van der Waals surface area contributed by atoms with Gasteiger partial charge in [-0.15, -0.1) is 12.4 Å². The highest BCUT2D eigenvalue weighted by Crippen LogP contribution is 2.27. The van der Waals surface area contributed by atoms with E-state index in [9.17, 15) is 18.0 Å². The van der Waals surface area contributed by atoms with Crippen LogP contribution in [0.3, 0.4) is 0 Å². The number of benzene rings is 1. The summed E-state index contributed by atoms with van der Waals surface area (Å²) in [6, 6.07) is 6.31. The largest absolute Gasteiger partial charge is 0.399 e. The zero-order valence-corrected chi connectivity index (χ0v) is 13.6. The lowest BCUT2D eigenvalue weighted by atomic mass is 9.93. The Bertz CT molecular complexity index is 516. The highest BCUT2D eigenvalue weighted by atomic mass is 35.5. The summed E-state index contributed by atoms with van der Waals surface area (Å²) in [5.74, 6) is -0.358. The van der Waals surface area contributed by atoms with E-state index in [4.69, 9.17) is 5.73 Å². The third-order valence-electron chi connectivity index (χ3n) is 4.05. The molecule has 3 nitrogen and oxygen atoms in total. The molecule has 23 heavy (non-hydrogen) atoms. The quantitative estimate of drug-likeness (QED) is 0.817. The van der Waals surface area contributed by atoms with Crippen LogP contribution in [-0.4, -0.2) is 29.6 Å². The summed E-state index contributed by atoms with van der Waals surface area (Å²) in [4.78, 5) is 14.0. The van der Waals surface area contributed by atoms with Crippen LogP contribution in [0.4, 0.5) is 18.9 Å². The zero-order chi connectivity index (χ0) is 16.2. The van der Waals surface area contributed by atoms with Crippen LogP contribution in [0, 0.1) is 0 Å². The Hall–Kier alpha value is -1.43. The molecule has 130 valence electrons. The molecular formula is C16H22ClF3N2O. The van der Waals surface area contributed by atoms with Gasteiger partial charge in [0.1, 0.15) is 0 Å².